The summed E-state index contributed by atoms with van der Waals surface area (Å²) in [6, 6.07) is 0. The van der Waals surface area contributed by atoms with Crippen molar-refractivity contribution in [2.75, 3.05) is 6.54 Å². The topological polar surface area (TPSA) is 96.4 Å². The number of carbonyl (C=O) groups is 1. The number of sulfonamides is 1. The van der Waals surface area contributed by atoms with Crippen LogP contribution in [0.5, 0.6) is 0 Å². The molecule has 0 saturated heterocycles. The molecule has 2 N–H and O–H groups in total. The van der Waals surface area contributed by atoms with E-state index in [-0.39, 0.29) is 10.8 Å². The zero-order valence-electron chi connectivity index (χ0n) is 12.0. The molecule has 21 heavy (non-hydrogen) atoms. The Morgan fingerprint density at radius 2 is 2.00 bits per heavy atom. The molecule has 1 aliphatic rings. The first kappa shape index (κ1) is 16.4. The molecule has 2 rings (SSSR count). The lowest BCUT2D eigenvalue weighted by atomic mass is 9.80. The van der Waals surface area contributed by atoms with Crippen LogP contribution in [0.15, 0.2) is 10.4 Å². The third-order valence-electron chi connectivity index (χ3n) is 3.98. The third kappa shape index (κ3) is 3.81. The van der Waals surface area contributed by atoms with Gasteiger partial charge < -0.3 is 5.11 Å². The number of hydrogen-bond donors (Lipinski definition) is 2. The van der Waals surface area contributed by atoms with E-state index in [2.05, 4.69) is 9.71 Å². The van der Waals surface area contributed by atoms with E-state index >= 15 is 0 Å². The standard InChI is InChI=1S/C13H20N2O4S2/c1-10-14-8-11(20-10)21(18,19)15-9-13(12(16)17)6-4-2-3-5-7-13/h8,15H,2-7,9H2,1H3,(H,16,17). The van der Waals surface area contributed by atoms with Crippen LogP contribution in [-0.4, -0.2) is 31.0 Å². The summed E-state index contributed by atoms with van der Waals surface area (Å²) in [5.41, 5.74) is -0.983. The van der Waals surface area contributed by atoms with E-state index in [9.17, 15) is 18.3 Å². The quantitative estimate of drug-likeness (QED) is 0.805. The average molecular weight is 332 g/mol. The molecule has 1 saturated carbocycles. The van der Waals surface area contributed by atoms with Crippen molar-refractivity contribution in [1.29, 1.82) is 0 Å². The Balaban J connectivity index is 2.13. The second-order valence-electron chi connectivity index (χ2n) is 5.52. The highest BCUT2D eigenvalue weighted by Crippen LogP contribution is 2.35. The van der Waals surface area contributed by atoms with Gasteiger partial charge in [-0.2, -0.15) is 0 Å². The Morgan fingerprint density at radius 1 is 1.38 bits per heavy atom. The number of carboxylic acid groups (broad SMARTS) is 1. The number of carboxylic acids is 1. The fourth-order valence-corrected chi connectivity index (χ4v) is 4.92. The normalized spacial score (nSPS) is 19.1. The summed E-state index contributed by atoms with van der Waals surface area (Å²) in [5.74, 6) is -0.910. The van der Waals surface area contributed by atoms with Gasteiger partial charge >= 0.3 is 5.97 Å². The minimum Gasteiger partial charge on any atom is -0.481 e. The van der Waals surface area contributed by atoms with Crippen molar-refractivity contribution in [2.45, 2.75) is 49.7 Å². The summed E-state index contributed by atoms with van der Waals surface area (Å²) >= 11 is 1.08. The molecule has 6 nitrogen and oxygen atoms in total. The summed E-state index contributed by atoms with van der Waals surface area (Å²) in [7, 11) is -3.68. The highest BCUT2D eigenvalue weighted by Gasteiger charge is 2.39. The molecule has 1 aromatic heterocycles. The van der Waals surface area contributed by atoms with Crippen LogP contribution in [0.2, 0.25) is 0 Å². The van der Waals surface area contributed by atoms with Crippen LogP contribution in [0.3, 0.4) is 0 Å². The lowest BCUT2D eigenvalue weighted by Crippen LogP contribution is -2.42. The predicted molar refractivity (Wildman–Crippen MR) is 79.8 cm³/mol. The van der Waals surface area contributed by atoms with Crippen LogP contribution in [-0.2, 0) is 14.8 Å². The SMILES string of the molecule is Cc1ncc(S(=O)(=O)NCC2(C(=O)O)CCCCCC2)s1. The first-order chi connectivity index (χ1) is 9.86. The molecular formula is C13H20N2O4S2. The van der Waals surface area contributed by atoms with Crippen molar-refractivity contribution in [1.82, 2.24) is 9.71 Å². The molecule has 0 amide bonds. The van der Waals surface area contributed by atoms with Gasteiger partial charge in [0.1, 0.15) is 0 Å². The van der Waals surface area contributed by atoms with E-state index in [1.165, 1.54) is 6.20 Å². The molecule has 0 atom stereocenters. The fourth-order valence-electron chi connectivity index (χ4n) is 2.64. The van der Waals surface area contributed by atoms with Gasteiger partial charge in [-0.25, -0.2) is 18.1 Å². The lowest BCUT2D eigenvalue weighted by Gasteiger charge is -2.27. The molecule has 0 aromatic carbocycles. The van der Waals surface area contributed by atoms with Gasteiger partial charge in [-0.15, -0.1) is 11.3 Å². The van der Waals surface area contributed by atoms with E-state index in [4.69, 9.17) is 0 Å². The van der Waals surface area contributed by atoms with Crippen LogP contribution in [0.1, 0.15) is 43.5 Å². The van der Waals surface area contributed by atoms with Crippen molar-refractivity contribution in [3.05, 3.63) is 11.2 Å². The molecule has 1 aliphatic carbocycles. The Bertz CT molecular complexity index is 601. The van der Waals surface area contributed by atoms with Crippen molar-refractivity contribution in [3.8, 4) is 0 Å². The van der Waals surface area contributed by atoms with Crippen LogP contribution < -0.4 is 4.72 Å². The van der Waals surface area contributed by atoms with Gasteiger partial charge in [-0.1, -0.05) is 25.7 Å². The van der Waals surface area contributed by atoms with Crippen molar-refractivity contribution in [2.24, 2.45) is 5.41 Å². The van der Waals surface area contributed by atoms with E-state index in [0.29, 0.717) is 17.8 Å². The molecule has 0 aliphatic heterocycles. The molecule has 1 heterocycles. The summed E-state index contributed by atoms with van der Waals surface area (Å²) in [6.45, 7) is 1.68. The monoisotopic (exact) mass is 332 g/mol. The number of nitrogens with one attached hydrogen (secondary N) is 1. The zero-order valence-corrected chi connectivity index (χ0v) is 13.6. The van der Waals surface area contributed by atoms with Crippen molar-refractivity contribution >= 4 is 27.3 Å². The van der Waals surface area contributed by atoms with Gasteiger partial charge in [-0.05, 0) is 19.8 Å². The number of aliphatic carboxylic acids is 1. The molecule has 118 valence electrons. The summed E-state index contributed by atoms with van der Waals surface area (Å²) in [4.78, 5) is 15.6. The number of rotatable bonds is 5. The molecule has 0 bridgehead atoms. The highest BCUT2D eigenvalue weighted by atomic mass is 32.2. The minimum absolute atomic E-state index is 0.0540. The van der Waals surface area contributed by atoms with E-state index < -0.39 is 21.4 Å². The van der Waals surface area contributed by atoms with Crippen LogP contribution in [0.25, 0.3) is 0 Å². The first-order valence-corrected chi connectivity index (χ1v) is 9.31. The minimum atomic E-state index is -3.68. The number of thiazole rings is 1. The Hall–Kier alpha value is -0.990. The molecular weight excluding hydrogens is 312 g/mol. The van der Waals surface area contributed by atoms with Crippen LogP contribution >= 0.6 is 11.3 Å². The largest absolute Gasteiger partial charge is 0.481 e. The maximum Gasteiger partial charge on any atom is 0.310 e. The molecule has 8 heteroatoms. The van der Waals surface area contributed by atoms with Gasteiger partial charge in [0.25, 0.3) is 10.0 Å². The predicted octanol–water partition coefficient (Wildman–Crippen LogP) is 2.16. The molecule has 0 radical (unpaired) electrons. The third-order valence-corrected chi connectivity index (χ3v) is 6.76. The Labute approximate surface area is 128 Å². The van der Waals surface area contributed by atoms with Gasteiger partial charge in [0.15, 0.2) is 4.21 Å². The smallest absolute Gasteiger partial charge is 0.310 e. The summed E-state index contributed by atoms with van der Waals surface area (Å²) in [5, 5.41) is 10.2. The molecule has 0 spiro atoms. The summed E-state index contributed by atoms with van der Waals surface area (Å²) < 4.78 is 27.0. The lowest BCUT2D eigenvalue weighted by molar-refractivity contribution is -0.149. The van der Waals surface area contributed by atoms with Gasteiger partial charge in [0.05, 0.1) is 16.6 Å². The fraction of sp³-hybridized carbons (Fsp3) is 0.692. The van der Waals surface area contributed by atoms with E-state index in [1.807, 2.05) is 0 Å². The van der Waals surface area contributed by atoms with Gasteiger partial charge in [-0.3, -0.25) is 4.79 Å². The van der Waals surface area contributed by atoms with Crippen molar-refractivity contribution in [3.63, 3.8) is 0 Å². The van der Waals surface area contributed by atoms with Gasteiger partial charge in [0.2, 0.25) is 0 Å². The van der Waals surface area contributed by atoms with Crippen molar-refractivity contribution < 1.29 is 18.3 Å². The first-order valence-electron chi connectivity index (χ1n) is 7.01. The molecule has 1 aromatic rings. The number of nitrogens with zero attached hydrogens (tertiary/aromatic N) is 1. The number of hydrogen-bond acceptors (Lipinski definition) is 5. The maximum atomic E-state index is 12.2. The van der Waals surface area contributed by atoms with E-state index in [1.54, 1.807) is 6.92 Å². The second-order valence-corrected chi connectivity index (χ2v) is 8.75. The number of aryl methyl sites for hydroxylation is 1. The highest BCUT2D eigenvalue weighted by molar-refractivity contribution is 7.91. The summed E-state index contributed by atoms with van der Waals surface area (Å²) in [6.07, 6.45) is 6.02. The molecule has 1 fully saturated rings. The van der Waals surface area contributed by atoms with Crippen LogP contribution in [0, 0.1) is 12.3 Å². The van der Waals surface area contributed by atoms with E-state index in [0.717, 1.165) is 37.0 Å². The Kier molecular flexibility index (Phi) is 5.00. The molecule has 0 unspecified atom stereocenters. The average Bonchev–Trinajstić information content (AvgIpc) is 2.73. The number of aromatic nitrogens is 1. The van der Waals surface area contributed by atoms with Gasteiger partial charge in [0, 0.05) is 6.54 Å². The second kappa shape index (κ2) is 6.41. The zero-order chi connectivity index (χ0) is 15.5. The Morgan fingerprint density at radius 3 is 2.48 bits per heavy atom. The maximum absolute atomic E-state index is 12.2. The van der Waals surface area contributed by atoms with Crippen LogP contribution in [0.4, 0.5) is 0 Å².